The van der Waals surface area contributed by atoms with Crippen molar-refractivity contribution in [2.75, 3.05) is 31.8 Å². The van der Waals surface area contributed by atoms with Gasteiger partial charge >= 0.3 is 5.97 Å². The Morgan fingerprint density at radius 1 is 1.46 bits per heavy atom. The maximum Gasteiger partial charge on any atom is 0.341 e. The maximum atomic E-state index is 15.1. The SMILES string of the molecule is COc1c(N2CC[C@](N)(CF)C2)c(F)cc2c(=O)c(C(=O)O)cn(C3CC3)c12. The van der Waals surface area contributed by atoms with E-state index in [0.29, 0.717) is 18.5 Å². The first-order valence-corrected chi connectivity index (χ1v) is 9.08. The van der Waals surface area contributed by atoms with Crippen molar-refractivity contribution in [2.24, 2.45) is 5.73 Å². The molecule has 9 heteroatoms. The number of fused-ring (bicyclic) bond motifs is 1. The molecule has 1 aromatic heterocycles. The minimum Gasteiger partial charge on any atom is -0.492 e. The first-order valence-electron chi connectivity index (χ1n) is 9.08. The standard InChI is InChI=1S/C19H21F2N3O4/c1-28-17-14-11(16(25)12(18(26)27)7-24(14)10-2-3-10)6-13(21)15(17)23-5-4-19(22,8-20)9-23/h6-7,10H,2-5,8-9,22H2,1H3,(H,26,27)/t19-/m0/s1. The van der Waals surface area contributed by atoms with Crippen molar-refractivity contribution in [3.8, 4) is 5.75 Å². The highest BCUT2D eigenvalue weighted by atomic mass is 19.1. The number of halogens is 2. The monoisotopic (exact) mass is 393 g/mol. The van der Waals surface area contributed by atoms with Gasteiger partial charge in [-0.2, -0.15) is 0 Å². The van der Waals surface area contributed by atoms with Gasteiger partial charge in [-0.25, -0.2) is 13.6 Å². The largest absolute Gasteiger partial charge is 0.492 e. The molecular weight excluding hydrogens is 372 g/mol. The number of aromatic carboxylic acids is 1. The van der Waals surface area contributed by atoms with E-state index in [-0.39, 0.29) is 29.4 Å². The normalized spacial score (nSPS) is 22.1. The number of carboxylic acid groups (broad SMARTS) is 1. The third-order valence-corrected chi connectivity index (χ3v) is 5.54. The first kappa shape index (κ1) is 18.7. The Hall–Kier alpha value is -2.68. The summed E-state index contributed by atoms with van der Waals surface area (Å²) in [5, 5.41) is 9.32. The molecule has 1 aromatic carbocycles. The van der Waals surface area contributed by atoms with Crippen molar-refractivity contribution in [2.45, 2.75) is 30.8 Å². The van der Waals surface area contributed by atoms with Gasteiger partial charge in [-0.15, -0.1) is 0 Å². The van der Waals surface area contributed by atoms with Crippen LogP contribution in [0.15, 0.2) is 17.1 Å². The average molecular weight is 393 g/mol. The zero-order valence-electron chi connectivity index (χ0n) is 15.4. The minimum absolute atomic E-state index is 0.0198. The second-order valence-electron chi connectivity index (χ2n) is 7.62. The molecule has 0 spiro atoms. The number of hydrogen-bond acceptors (Lipinski definition) is 5. The number of ether oxygens (including phenoxy) is 1. The number of nitrogens with two attached hydrogens (primary N) is 1. The van der Waals surface area contributed by atoms with E-state index < -0.39 is 35.0 Å². The van der Waals surface area contributed by atoms with E-state index >= 15 is 4.39 Å². The molecule has 150 valence electrons. The van der Waals surface area contributed by atoms with Crippen molar-refractivity contribution in [1.29, 1.82) is 0 Å². The summed E-state index contributed by atoms with van der Waals surface area (Å²) in [7, 11) is 1.37. The van der Waals surface area contributed by atoms with Crippen molar-refractivity contribution >= 4 is 22.6 Å². The number of anilines is 1. The fourth-order valence-electron chi connectivity index (χ4n) is 3.92. The minimum atomic E-state index is -1.36. The van der Waals surface area contributed by atoms with E-state index in [0.717, 1.165) is 18.9 Å². The van der Waals surface area contributed by atoms with Crippen LogP contribution in [0.5, 0.6) is 5.75 Å². The molecule has 2 heterocycles. The van der Waals surface area contributed by atoms with Crippen LogP contribution in [0.3, 0.4) is 0 Å². The molecule has 4 rings (SSSR count). The van der Waals surface area contributed by atoms with E-state index in [1.807, 2.05) is 0 Å². The van der Waals surface area contributed by atoms with Crippen LogP contribution in [-0.4, -0.2) is 48.1 Å². The fraction of sp³-hybridized carbons (Fsp3) is 0.474. The number of rotatable bonds is 5. The quantitative estimate of drug-likeness (QED) is 0.807. The van der Waals surface area contributed by atoms with E-state index in [9.17, 15) is 19.1 Å². The zero-order valence-corrected chi connectivity index (χ0v) is 15.4. The third kappa shape index (κ3) is 2.81. The van der Waals surface area contributed by atoms with E-state index in [1.165, 1.54) is 13.3 Å². The van der Waals surface area contributed by atoms with E-state index in [1.54, 1.807) is 9.47 Å². The Morgan fingerprint density at radius 3 is 2.71 bits per heavy atom. The lowest BCUT2D eigenvalue weighted by atomic mass is 10.0. The number of pyridine rings is 1. The molecule has 1 saturated carbocycles. The summed E-state index contributed by atoms with van der Waals surface area (Å²) in [4.78, 5) is 25.8. The smallest absolute Gasteiger partial charge is 0.341 e. The molecule has 7 nitrogen and oxygen atoms in total. The lowest BCUT2D eigenvalue weighted by Gasteiger charge is -2.26. The van der Waals surface area contributed by atoms with Crippen molar-refractivity contribution < 1.29 is 23.4 Å². The predicted octanol–water partition coefficient (Wildman–Crippen LogP) is 2.06. The van der Waals surface area contributed by atoms with Gasteiger partial charge in [0.2, 0.25) is 5.43 Å². The summed E-state index contributed by atoms with van der Waals surface area (Å²) in [6.07, 6.45) is 3.31. The molecule has 0 amide bonds. The van der Waals surface area contributed by atoms with Crippen molar-refractivity contribution in [3.63, 3.8) is 0 Å². The predicted molar refractivity (Wildman–Crippen MR) is 99.7 cm³/mol. The number of hydrogen-bond donors (Lipinski definition) is 2. The average Bonchev–Trinajstić information content (AvgIpc) is 3.43. The highest BCUT2D eigenvalue weighted by molar-refractivity contribution is 5.97. The van der Waals surface area contributed by atoms with Gasteiger partial charge in [0, 0.05) is 25.3 Å². The summed E-state index contributed by atoms with van der Waals surface area (Å²) >= 11 is 0. The number of carbonyl (C=O) groups is 1. The van der Waals surface area contributed by atoms with Gasteiger partial charge in [-0.1, -0.05) is 0 Å². The summed E-state index contributed by atoms with van der Waals surface area (Å²) in [6, 6.07) is 1.07. The van der Waals surface area contributed by atoms with Gasteiger partial charge in [-0.05, 0) is 25.3 Å². The van der Waals surface area contributed by atoms with Gasteiger partial charge in [-0.3, -0.25) is 4.79 Å². The molecule has 1 saturated heterocycles. The molecule has 2 aromatic rings. The van der Waals surface area contributed by atoms with Gasteiger partial charge in [0.25, 0.3) is 0 Å². The molecule has 28 heavy (non-hydrogen) atoms. The summed E-state index contributed by atoms with van der Waals surface area (Å²) in [5.41, 5.74) is 4.25. The Labute approximate surface area is 159 Å². The topological polar surface area (TPSA) is 97.8 Å². The molecule has 0 unspecified atom stereocenters. The highest BCUT2D eigenvalue weighted by Crippen LogP contribution is 2.44. The van der Waals surface area contributed by atoms with Crippen LogP contribution in [0.4, 0.5) is 14.5 Å². The van der Waals surface area contributed by atoms with Crippen LogP contribution < -0.4 is 20.8 Å². The highest BCUT2D eigenvalue weighted by Gasteiger charge is 2.38. The lowest BCUT2D eigenvalue weighted by molar-refractivity contribution is 0.0695. The Bertz CT molecular complexity index is 1030. The van der Waals surface area contributed by atoms with Gasteiger partial charge in [0.1, 0.15) is 17.9 Å². The lowest BCUT2D eigenvalue weighted by Crippen LogP contribution is -2.45. The van der Waals surface area contributed by atoms with Crippen LogP contribution in [0.1, 0.15) is 35.7 Å². The van der Waals surface area contributed by atoms with Crippen molar-refractivity contribution in [1.82, 2.24) is 4.57 Å². The van der Waals surface area contributed by atoms with Gasteiger partial charge in [0.05, 0.1) is 23.6 Å². The molecular formula is C19H21F2N3O4. The second kappa shape index (κ2) is 6.44. The van der Waals surface area contributed by atoms with Crippen LogP contribution in [0, 0.1) is 5.82 Å². The molecule has 1 aliphatic heterocycles. The summed E-state index contributed by atoms with van der Waals surface area (Å²) in [6.45, 7) is -0.265. The fourth-order valence-corrected chi connectivity index (χ4v) is 3.92. The van der Waals surface area contributed by atoms with E-state index in [2.05, 4.69) is 0 Å². The number of methoxy groups -OCH3 is 1. The molecule has 1 atom stereocenters. The van der Waals surface area contributed by atoms with Crippen LogP contribution >= 0.6 is 0 Å². The summed E-state index contributed by atoms with van der Waals surface area (Å²) in [5.74, 6) is -1.95. The number of aromatic nitrogens is 1. The van der Waals surface area contributed by atoms with Gasteiger partial charge < -0.3 is 25.0 Å². The molecule has 2 fully saturated rings. The number of alkyl halides is 1. The molecule has 0 radical (unpaired) electrons. The Balaban J connectivity index is 2.00. The number of carboxylic acids is 1. The van der Waals surface area contributed by atoms with Crippen LogP contribution in [0.25, 0.3) is 10.9 Å². The second-order valence-corrected chi connectivity index (χ2v) is 7.62. The molecule has 2 aliphatic rings. The number of benzene rings is 1. The summed E-state index contributed by atoms with van der Waals surface area (Å²) < 4.78 is 35.6. The zero-order chi connectivity index (χ0) is 20.2. The third-order valence-electron chi connectivity index (χ3n) is 5.54. The Kier molecular flexibility index (Phi) is 4.29. The molecule has 3 N–H and O–H groups in total. The molecule has 0 bridgehead atoms. The Morgan fingerprint density at radius 2 is 2.18 bits per heavy atom. The first-order chi connectivity index (χ1) is 13.3. The molecule has 1 aliphatic carbocycles. The maximum absolute atomic E-state index is 15.1. The van der Waals surface area contributed by atoms with Crippen LogP contribution in [0.2, 0.25) is 0 Å². The van der Waals surface area contributed by atoms with Crippen molar-refractivity contribution in [3.05, 3.63) is 33.9 Å². The van der Waals surface area contributed by atoms with E-state index in [4.69, 9.17) is 10.5 Å². The van der Waals surface area contributed by atoms with Gasteiger partial charge in [0.15, 0.2) is 11.6 Å². The van der Waals surface area contributed by atoms with Crippen LogP contribution in [-0.2, 0) is 0 Å². The number of nitrogens with zero attached hydrogens (tertiary/aromatic N) is 2.